The molecule has 1 atom stereocenters. The second kappa shape index (κ2) is 8.04. The number of hydrogen-bond acceptors (Lipinski definition) is 7. The molecule has 3 aromatic rings. The Morgan fingerprint density at radius 3 is 2.63 bits per heavy atom. The molecule has 10 heteroatoms. The van der Waals surface area contributed by atoms with Crippen LogP contribution in [0.1, 0.15) is 35.4 Å². The fraction of sp³-hybridized carbons (Fsp3) is 0.294. The van der Waals surface area contributed by atoms with Crippen molar-refractivity contribution in [3.8, 4) is 11.4 Å². The van der Waals surface area contributed by atoms with Gasteiger partial charge in [-0.05, 0) is 11.1 Å². The minimum absolute atomic E-state index is 0.0323. The number of carboxylic acids is 1. The van der Waals surface area contributed by atoms with E-state index in [2.05, 4.69) is 25.7 Å². The molecule has 0 aliphatic carbocycles. The average molecular weight is 386 g/mol. The number of carboxylic acid groups (broad SMARTS) is 1. The molecule has 1 amide bonds. The highest BCUT2D eigenvalue weighted by Gasteiger charge is 2.27. The summed E-state index contributed by atoms with van der Waals surface area (Å²) in [6, 6.07) is 8.74. The first kappa shape index (κ1) is 18.6. The van der Waals surface area contributed by atoms with E-state index in [1.165, 1.54) is 21.5 Å². The molecule has 0 saturated carbocycles. The summed E-state index contributed by atoms with van der Waals surface area (Å²) in [5.74, 6) is -1.01. The smallest absolute Gasteiger partial charge is 0.355 e. The van der Waals surface area contributed by atoms with Crippen LogP contribution in [0.5, 0.6) is 0 Å². The van der Waals surface area contributed by atoms with Crippen LogP contribution < -0.4 is 5.32 Å². The second-order valence-electron chi connectivity index (χ2n) is 6.14. The molecule has 2 N–H and O–H groups in total. The predicted molar refractivity (Wildman–Crippen MR) is 98.0 cm³/mol. The van der Waals surface area contributed by atoms with Crippen molar-refractivity contribution in [2.75, 3.05) is 0 Å². The topological polar surface area (TPSA) is 123 Å². The van der Waals surface area contributed by atoms with E-state index in [1.807, 2.05) is 44.2 Å². The van der Waals surface area contributed by atoms with Gasteiger partial charge in [0.2, 0.25) is 11.7 Å². The Hall–Kier alpha value is -3.14. The number of carbonyl (C=O) groups excluding carboxylic acids is 1. The van der Waals surface area contributed by atoms with Gasteiger partial charge in [-0.15, -0.1) is 21.5 Å². The first-order valence-corrected chi connectivity index (χ1v) is 9.14. The zero-order valence-corrected chi connectivity index (χ0v) is 15.6. The average Bonchev–Trinajstić information content (AvgIpc) is 3.30. The van der Waals surface area contributed by atoms with Gasteiger partial charge in [0.25, 0.3) is 0 Å². The van der Waals surface area contributed by atoms with Crippen LogP contribution in [-0.2, 0) is 11.3 Å². The number of aromatic carboxylic acids is 1. The molecule has 27 heavy (non-hydrogen) atoms. The van der Waals surface area contributed by atoms with Gasteiger partial charge in [0.05, 0.1) is 6.54 Å². The minimum Gasteiger partial charge on any atom is -0.476 e. The normalized spacial score (nSPS) is 12.1. The molecule has 0 spiro atoms. The summed E-state index contributed by atoms with van der Waals surface area (Å²) < 4.78 is 0. The summed E-state index contributed by atoms with van der Waals surface area (Å²) in [7, 11) is 0. The molecule has 2 heterocycles. The molecule has 140 valence electrons. The van der Waals surface area contributed by atoms with Crippen LogP contribution in [0, 0.1) is 5.92 Å². The molecular formula is C17H18N6O3S. The lowest BCUT2D eigenvalue weighted by Gasteiger charge is -2.18. The molecule has 2 aromatic heterocycles. The van der Waals surface area contributed by atoms with Crippen molar-refractivity contribution in [3.63, 3.8) is 0 Å². The number of nitrogens with zero attached hydrogens (tertiary/aromatic N) is 5. The predicted octanol–water partition coefficient (Wildman–Crippen LogP) is 2.01. The summed E-state index contributed by atoms with van der Waals surface area (Å²) in [6.45, 7) is 3.92. The maximum Gasteiger partial charge on any atom is 0.355 e. The highest BCUT2D eigenvalue weighted by Crippen LogP contribution is 2.19. The second-order valence-corrected chi connectivity index (χ2v) is 7.08. The maximum absolute atomic E-state index is 12.7. The summed E-state index contributed by atoms with van der Waals surface area (Å²) in [5, 5.41) is 26.1. The molecule has 0 bridgehead atoms. The Morgan fingerprint density at radius 1 is 1.26 bits per heavy atom. The molecule has 0 radical (unpaired) electrons. The van der Waals surface area contributed by atoms with Crippen LogP contribution in [-0.4, -0.2) is 42.2 Å². The van der Waals surface area contributed by atoms with Crippen LogP contribution in [0.2, 0.25) is 0 Å². The fourth-order valence-electron chi connectivity index (χ4n) is 2.48. The lowest BCUT2D eigenvalue weighted by molar-refractivity contribution is -0.126. The van der Waals surface area contributed by atoms with Gasteiger partial charge in [0.15, 0.2) is 11.7 Å². The third-order valence-corrected chi connectivity index (χ3v) is 4.64. The van der Waals surface area contributed by atoms with E-state index in [4.69, 9.17) is 5.11 Å². The molecule has 0 fully saturated rings. The van der Waals surface area contributed by atoms with Crippen LogP contribution in [0.3, 0.4) is 0 Å². The molecule has 3 rings (SSSR count). The van der Waals surface area contributed by atoms with Crippen molar-refractivity contribution in [3.05, 3.63) is 46.4 Å². The van der Waals surface area contributed by atoms with E-state index in [0.29, 0.717) is 10.8 Å². The lowest BCUT2D eigenvalue weighted by atomic mass is 10.0. The van der Waals surface area contributed by atoms with Gasteiger partial charge < -0.3 is 10.4 Å². The quantitative estimate of drug-likeness (QED) is 0.636. The van der Waals surface area contributed by atoms with E-state index in [1.54, 1.807) is 0 Å². The molecular weight excluding hydrogens is 368 g/mol. The number of aromatic nitrogens is 5. The van der Waals surface area contributed by atoms with Crippen molar-refractivity contribution >= 4 is 23.2 Å². The summed E-state index contributed by atoms with van der Waals surface area (Å²) in [4.78, 5) is 28.8. The third-order valence-electron chi connectivity index (χ3n) is 3.79. The number of amides is 1. The highest BCUT2D eigenvalue weighted by atomic mass is 32.1. The van der Waals surface area contributed by atoms with Crippen molar-refractivity contribution in [2.45, 2.75) is 26.4 Å². The lowest BCUT2D eigenvalue weighted by Crippen LogP contribution is -2.36. The number of tetrazole rings is 1. The molecule has 9 nitrogen and oxygen atoms in total. The van der Waals surface area contributed by atoms with Crippen LogP contribution in [0.15, 0.2) is 35.7 Å². The number of hydrogen-bond donors (Lipinski definition) is 2. The number of rotatable bonds is 7. The zero-order valence-electron chi connectivity index (χ0n) is 14.7. The fourth-order valence-corrected chi connectivity index (χ4v) is 3.19. The maximum atomic E-state index is 12.7. The Labute approximate surface area is 159 Å². The van der Waals surface area contributed by atoms with Crippen molar-refractivity contribution in [1.82, 2.24) is 30.5 Å². The highest BCUT2D eigenvalue weighted by molar-refractivity contribution is 7.09. The Morgan fingerprint density at radius 2 is 2.00 bits per heavy atom. The first-order valence-electron chi connectivity index (χ1n) is 8.26. The van der Waals surface area contributed by atoms with Crippen LogP contribution >= 0.6 is 11.3 Å². The standard InChI is InChI=1S/C17H18N6O3S/c1-10(2)14(16(24)18-8-13-19-12(9-27-13)17(25)26)23-21-15(20-22-23)11-6-4-3-5-7-11/h3-7,9-10,14H,8H2,1-2H3,(H,18,24)(H,25,26). The summed E-state index contributed by atoms with van der Waals surface area (Å²) >= 11 is 1.18. The Balaban J connectivity index is 1.72. The van der Waals surface area contributed by atoms with Crippen molar-refractivity contribution in [1.29, 1.82) is 0 Å². The van der Waals surface area contributed by atoms with E-state index < -0.39 is 12.0 Å². The van der Waals surface area contributed by atoms with Gasteiger partial charge in [0.1, 0.15) is 5.01 Å². The first-order chi connectivity index (χ1) is 13.0. The Bertz CT molecular complexity index is 937. The largest absolute Gasteiger partial charge is 0.476 e. The van der Waals surface area contributed by atoms with Crippen LogP contribution in [0.25, 0.3) is 11.4 Å². The number of carbonyl (C=O) groups is 2. The summed E-state index contributed by atoms with van der Waals surface area (Å²) in [5.41, 5.74) is 0.783. The zero-order chi connectivity index (χ0) is 19.4. The third kappa shape index (κ3) is 4.34. The molecule has 1 unspecified atom stereocenters. The van der Waals surface area contributed by atoms with Gasteiger partial charge in [0, 0.05) is 10.9 Å². The number of nitrogens with one attached hydrogen (secondary N) is 1. The van der Waals surface area contributed by atoms with E-state index in [-0.39, 0.29) is 24.1 Å². The van der Waals surface area contributed by atoms with Gasteiger partial charge in [-0.2, -0.15) is 4.80 Å². The van der Waals surface area contributed by atoms with Crippen LogP contribution in [0.4, 0.5) is 0 Å². The van der Waals surface area contributed by atoms with E-state index >= 15 is 0 Å². The molecule has 1 aromatic carbocycles. The van der Waals surface area contributed by atoms with Crippen molar-refractivity contribution < 1.29 is 14.7 Å². The monoisotopic (exact) mass is 386 g/mol. The van der Waals surface area contributed by atoms with Crippen molar-refractivity contribution in [2.24, 2.45) is 5.92 Å². The van der Waals surface area contributed by atoms with E-state index in [0.717, 1.165) is 5.56 Å². The molecule has 0 aliphatic heterocycles. The number of benzene rings is 1. The summed E-state index contributed by atoms with van der Waals surface area (Å²) in [6.07, 6.45) is 0. The Kier molecular flexibility index (Phi) is 5.55. The minimum atomic E-state index is -1.09. The van der Waals surface area contributed by atoms with Gasteiger partial charge in [-0.25, -0.2) is 9.78 Å². The van der Waals surface area contributed by atoms with Gasteiger partial charge >= 0.3 is 5.97 Å². The van der Waals surface area contributed by atoms with Gasteiger partial charge in [-0.1, -0.05) is 44.2 Å². The SMILES string of the molecule is CC(C)C(C(=O)NCc1nc(C(=O)O)cs1)n1nnc(-c2ccccc2)n1. The molecule has 0 saturated heterocycles. The number of thiazole rings is 1. The molecule has 0 aliphatic rings. The van der Waals surface area contributed by atoms with E-state index in [9.17, 15) is 9.59 Å². The van der Waals surface area contributed by atoms with Gasteiger partial charge in [-0.3, -0.25) is 4.79 Å².